The molecule has 0 unspecified atom stereocenters. The molecule has 0 saturated heterocycles. The Kier molecular flexibility index (Phi) is 4.16. The summed E-state index contributed by atoms with van der Waals surface area (Å²) in [7, 11) is 0. The van der Waals surface area contributed by atoms with Gasteiger partial charge in [0.15, 0.2) is 0 Å². The van der Waals surface area contributed by atoms with E-state index in [1.165, 1.54) is 6.07 Å². The number of rotatable bonds is 4. The topological polar surface area (TPSA) is 49.3 Å². The average molecular weight is 207 g/mol. The van der Waals surface area contributed by atoms with Crippen LogP contribution < -0.4 is 5.32 Å². The van der Waals surface area contributed by atoms with Crippen molar-refractivity contribution in [2.45, 2.75) is 20.3 Å². The standard InChI is InChI=1S/C12H17NO2/c1-9(2)6-7-13-12(15)10-4-3-5-11(14)8-10/h3-5,8-9,14H,6-7H2,1-2H3,(H,13,15). The Labute approximate surface area is 90.1 Å². The second-order valence-electron chi connectivity index (χ2n) is 3.99. The average Bonchev–Trinajstić information content (AvgIpc) is 2.17. The molecule has 3 nitrogen and oxygen atoms in total. The van der Waals surface area contributed by atoms with Crippen molar-refractivity contribution in [2.24, 2.45) is 5.92 Å². The zero-order valence-corrected chi connectivity index (χ0v) is 9.16. The second kappa shape index (κ2) is 5.39. The van der Waals surface area contributed by atoms with Crippen molar-refractivity contribution in [3.05, 3.63) is 29.8 Å². The van der Waals surface area contributed by atoms with Crippen molar-refractivity contribution >= 4 is 5.91 Å². The number of phenols is 1. The number of carbonyl (C=O) groups excluding carboxylic acids is 1. The van der Waals surface area contributed by atoms with Gasteiger partial charge in [0.2, 0.25) is 0 Å². The summed E-state index contributed by atoms with van der Waals surface area (Å²) >= 11 is 0. The monoisotopic (exact) mass is 207 g/mol. The zero-order chi connectivity index (χ0) is 11.3. The summed E-state index contributed by atoms with van der Waals surface area (Å²) in [6, 6.07) is 6.35. The molecule has 0 aliphatic carbocycles. The van der Waals surface area contributed by atoms with Crippen LogP contribution in [0.15, 0.2) is 24.3 Å². The van der Waals surface area contributed by atoms with E-state index in [4.69, 9.17) is 0 Å². The largest absolute Gasteiger partial charge is 0.508 e. The van der Waals surface area contributed by atoms with E-state index in [-0.39, 0.29) is 11.7 Å². The zero-order valence-electron chi connectivity index (χ0n) is 9.16. The number of phenolic OH excluding ortho intramolecular Hbond substituents is 1. The Morgan fingerprint density at radius 1 is 1.47 bits per heavy atom. The first-order chi connectivity index (χ1) is 7.09. The minimum atomic E-state index is -0.133. The van der Waals surface area contributed by atoms with Gasteiger partial charge < -0.3 is 10.4 Å². The number of amides is 1. The first-order valence-corrected chi connectivity index (χ1v) is 5.17. The molecule has 0 atom stereocenters. The van der Waals surface area contributed by atoms with Gasteiger partial charge in [-0.3, -0.25) is 4.79 Å². The molecule has 0 spiro atoms. The van der Waals surface area contributed by atoms with Gasteiger partial charge in [-0.05, 0) is 30.5 Å². The van der Waals surface area contributed by atoms with Gasteiger partial charge in [-0.15, -0.1) is 0 Å². The molecule has 1 amide bonds. The lowest BCUT2D eigenvalue weighted by Crippen LogP contribution is -2.25. The second-order valence-corrected chi connectivity index (χ2v) is 3.99. The normalized spacial score (nSPS) is 10.3. The molecule has 0 aliphatic heterocycles. The van der Waals surface area contributed by atoms with E-state index in [0.717, 1.165) is 6.42 Å². The van der Waals surface area contributed by atoms with E-state index in [0.29, 0.717) is 18.0 Å². The van der Waals surface area contributed by atoms with Crippen LogP contribution >= 0.6 is 0 Å². The SMILES string of the molecule is CC(C)CCNC(=O)c1cccc(O)c1. The minimum Gasteiger partial charge on any atom is -0.508 e. The van der Waals surface area contributed by atoms with Crippen LogP contribution in [-0.4, -0.2) is 17.6 Å². The molecule has 3 heteroatoms. The lowest BCUT2D eigenvalue weighted by molar-refractivity contribution is 0.0951. The van der Waals surface area contributed by atoms with Crippen molar-refractivity contribution in [1.29, 1.82) is 0 Å². The van der Waals surface area contributed by atoms with E-state index < -0.39 is 0 Å². The maximum Gasteiger partial charge on any atom is 0.251 e. The molecule has 1 rings (SSSR count). The fourth-order valence-corrected chi connectivity index (χ4v) is 1.22. The van der Waals surface area contributed by atoms with Gasteiger partial charge in [-0.25, -0.2) is 0 Å². The van der Waals surface area contributed by atoms with Gasteiger partial charge in [0.25, 0.3) is 5.91 Å². The van der Waals surface area contributed by atoms with Gasteiger partial charge in [0.05, 0.1) is 0 Å². The van der Waals surface area contributed by atoms with E-state index >= 15 is 0 Å². The van der Waals surface area contributed by atoms with E-state index in [2.05, 4.69) is 19.2 Å². The number of benzene rings is 1. The van der Waals surface area contributed by atoms with Crippen molar-refractivity contribution in [3.63, 3.8) is 0 Å². The number of carbonyl (C=O) groups is 1. The maximum absolute atomic E-state index is 11.6. The van der Waals surface area contributed by atoms with Crippen LogP contribution in [0.1, 0.15) is 30.6 Å². The van der Waals surface area contributed by atoms with Crippen molar-refractivity contribution in [2.75, 3.05) is 6.54 Å². The molecule has 1 aromatic rings. The third-order valence-electron chi connectivity index (χ3n) is 2.12. The van der Waals surface area contributed by atoms with Crippen LogP contribution in [0.4, 0.5) is 0 Å². The van der Waals surface area contributed by atoms with Gasteiger partial charge in [-0.1, -0.05) is 19.9 Å². The lowest BCUT2D eigenvalue weighted by atomic mass is 10.1. The van der Waals surface area contributed by atoms with Gasteiger partial charge in [0, 0.05) is 12.1 Å². The number of aromatic hydroxyl groups is 1. The summed E-state index contributed by atoms with van der Waals surface area (Å²) in [6.07, 6.45) is 0.963. The predicted octanol–water partition coefficient (Wildman–Crippen LogP) is 2.17. The quantitative estimate of drug-likeness (QED) is 0.795. The number of hydrogen-bond acceptors (Lipinski definition) is 2. The Bertz CT molecular complexity index is 334. The highest BCUT2D eigenvalue weighted by Crippen LogP contribution is 2.10. The molecule has 0 saturated carbocycles. The molecule has 82 valence electrons. The molecule has 0 aromatic heterocycles. The highest BCUT2D eigenvalue weighted by Gasteiger charge is 2.05. The predicted molar refractivity (Wildman–Crippen MR) is 59.9 cm³/mol. The van der Waals surface area contributed by atoms with Crippen LogP contribution in [0.2, 0.25) is 0 Å². The molecule has 0 heterocycles. The maximum atomic E-state index is 11.6. The summed E-state index contributed by atoms with van der Waals surface area (Å²) in [4.78, 5) is 11.6. The summed E-state index contributed by atoms with van der Waals surface area (Å²) in [5.74, 6) is 0.563. The summed E-state index contributed by atoms with van der Waals surface area (Å²) in [5.41, 5.74) is 0.499. The lowest BCUT2D eigenvalue weighted by Gasteiger charge is -2.07. The van der Waals surface area contributed by atoms with Crippen LogP contribution in [0.3, 0.4) is 0 Å². The van der Waals surface area contributed by atoms with Crippen molar-refractivity contribution < 1.29 is 9.90 Å². The molecular weight excluding hydrogens is 190 g/mol. The van der Waals surface area contributed by atoms with Crippen LogP contribution in [0.25, 0.3) is 0 Å². The molecular formula is C12H17NO2. The third kappa shape index (κ3) is 4.02. The first-order valence-electron chi connectivity index (χ1n) is 5.17. The summed E-state index contributed by atoms with van der Waals surface area (Å²) in [5, 5.41) is 12.0. The Morgan fingerprint density at radius 3 is 2.80 bits per heavy atom. The molecule has 0 fully saturated rings. The van der Waals surface area contributed by atoms with Crippen LogP contribution in [0.5, 0.6) is 5.75 Å². The Balaban J connectivity index is 2.47. The van der Waals surface area contributed by atoms with Gasteiger partial charge in [0.1, 0.15) is 5.75 Å². The van der Waals surface area contributed by atoms with Crippen molar-refractivity contribution in [1.82, 2.24) is 5.32 Å². The number of nitrogens with one attached hydrogen (secondary N) is 1. The van der Waals surface area contributed by atoms with Crippen LogP contribution in [0, 0.1) is 5.92 Å². The Morgan fingerprint density at radius 2 is 2.20 bits per heavy atom. The van der Waals surface area contributed by atoms with Gasteiger partial charge >= 0.3 is 0 Å². The molecule has 1 aromatic carbocycles. The summed E-state index contributed by atoms with van der Waals surface area (Å²) in [6.45, 7) is 4.90. The van der Waals surface area contributed by atoms with E-state index in [9.17, 15) is 9.90 Å². The highest BCUT2D eigenvalue weighted by atomic mass is 16.3. The van der Waals surface area contributed by atoms with E-state index in [1.807, 2.05) is 0 Å². The van der Waals surface area contributed by atoms with Crippen molar-refractivity contribution in [3.8, 4) is 5.75 Å². The smallest absolute Gasteiger partial charge is 0.251 e. The fraction of sp³-hybridized carbons (Fsp3) is 0.417. The van der Waals surface area contributed by atoms with Crippen LogP contribution in [-0.2, 0) is 0 Å². The van der Waals surface area contributed by atoms with Gasteiger partial charge in [-0.2, -0.15) is 0 Å². The molecule has 15 heavy (non-hydrogen) atoms. The molecule has 0 bridgehead atoms. The fourth-order valence-electron chi connectivity index (χ4n) is 1.22. The molecule has 0 aliphatic rings. The van der Waals surface area contributed by atoms with E-state index in [1.54, 1.807) is 18.2 Å². The summed E-state index contributed by atoms with van der Waals surface area (Å²) < 4.78 is 0. The Hall–Kier alpha value is -1.51. The first kappa shape index (κ1) is 11.6. The highest BCUT2D eigenvalue weighted by molar-refractivity contribution is 5.94. The number of hydrogen-bond donors (Lipinski definition) is 2. The minimum absolute atomic E-state index is 0.117. The molecule has 0 radical (unpaired) electrons. The third-order valence-corrected chi connectivity index (χ3v) is 2.12. The molecule has 2 N–H and O–H groups in total.